The van der Waals surface area contributed by atoms with Crippen molar-refractivity contribution >= 4 is 17.7 Å². The van der Waals surface area contributed by atoms with E-state index in [4.69, 9.17) is 5.11 Å². The van der Waals surface area contributed by atoms with Crippen LogP contribution in [0.2, 0.25) is 0 Å². The first-order valence-electron chi connectivity index (χ1n) is 7.08. The molecule has 1 aromatic carbocycles. The van der Waals surface area contributed by atoms with Gasteiger partial charge >= 0.3 is 12.0 Å². The molecule has 114 valence electrons. The Hall–Kier alpha value is -2.08. The molecule has 1 aliphatic carbocycles. The summed E-state index contributed by atoms with van der Waals surface area (Å²) in [5, 5.41) is 17.6. The van der Waals surface area contributed by atoms with Crippen molar-refractivity contribution in [1.29, 1.82) is 0 Å². The van der Waals surface area contributed by atoms with Gasteiger partial charge in [0.2, 0.25) is 0 Å². The molecule has 1 fully saturated rings. The summed E-state index contributed by atoms with van der Waals surface area (Å²) in [7, 11) is 1.84. The standard InChI is InChI=1S/C15H21N3O3/c1-16-10-11-5-2-3-6-12(11)17-14(21)18-15(7-4-8-15)9-13(19)20/h2-3,5-6,16H,4,7-10H2,1H3,(H,19,20)(H2,17,18,21). The molecule has 21 heavy (non-hydrogen) atoms. The Balaban J connectivity index is 2.00. The molecule has 0 heterocycles. The van der Waals surface area contributed by atoms with Crippen LogP contribution < -0.4 is 16.0 Å². The van der Waals surface area contributed by atoms with Gasteiger partial charge in [-0.3, -0.25) is 4.79 Å². The lowest BCUT2D eigenvalue weighted by molar-refractivity contribution is -0.139. The maximum atomic E-state index is 12.1. The average Bonchev–Trinajstić information content (AvgIpc) is 2.38. The molecule has 0 spiro atoms. The second kappa shape index (κ2) is 6.58. The number of urea groups is 1. The fourth-order valence-corrected chi connectivity index (χ4v) is 2.62. The molecule has 1 aromatic rings. The Labute approximate surface area is 123 Å². The summed E-state index contributed by atoms with van der Waals surface area (Å²) < 4.78 is 0. The number of anilines is 1. The molecule has 1 aliphatic rings. The number of hydrogen-bond donors (Lipinski definition) is 4. The van der Waals surface area contributed by atoms with E-state index >= 15 is 0 Å². The van der Waals surface area contributed by atoms with Gasteiger partial charge in [0, 0.05) is 12.2 Å². The van der Waals surface area contributed by atoms with Crippen molar-refractivity contribution in [3.8, 4) is 0 Å². The largest absolute Gasteiger partial charge is 0.481 e. The summed E-state index contributed by atoms with van der Waals surface area (Å²) in [4.78, 5) is 23.0. The maximum Gasteiger partial charge on any atom is 0.319 e. The van der Waals surface area contributed by atoms with Gasteiger partial charge in [-0.2, -0.15) is 0 Å². The number of carbonyl (C=O) groups excluding carboxylic acids is 1. The fourth-order valence-electron chi connectivity index (χ4n) is 2.62. The lowest BCUT2D eigenvalue weighted by Crippen LogP contribution is -2.55. The van der Waals surface area contributed by atoms with E-state index in [1.165, 1.54) is 0 Å². The highest BCUT2D eigenvalue weighted by Gasteiger charge is 2.40. The number of para-hydroxylation sites is 1. The van der Waals surface area contributed by atoms with Crippen molar-refractivity contribution in [3.05, 3.63) is 29.8 Å². The van der Waals surface area contributed by atoms with E-state index in [9.17, 15) is 9.59 Å². The summed E-state index contributed by atoms with van der Waals surface area (Å²) in [6.45, 7) is 0.650. The summed E-state index contributed by atoms with van der Waals surface area (Å²) in [6, 6.07) is 7.18. The van der Waals surface area contributed by atoms with Crippen molar-refractivity contribution in [2.24, 2.45) is 0 Å². The number of aliphatic carboxylic acids is 1. The Bertz CT molecular complexity index is 527. The van der Waals surface area contributed by atoms with E-state index < -0.39 is 11.5 Å². The van der Waals surface area contributed by atoms with E-state index in [0.717, 1.165) is 17.7 Å². The minimum absolute atomic E-state index is 0.0292. The van der Waals surface area contributed by atoms with Gasteiger partial charge in [0.25, 0.3) is 0 Å². The van der Waals surface area contributed by atoms with Gasteiger partial charge in [0.15, 0.2) is 0 Å². The average molecular weight is 291 g/mol. The third kappa shape index (κ3) is 3.95. The Morgan fingerprint density at radius 2 is 2.00 bits per heavy atom. The summed E-state index contributed by atoms with van der Waals surface area (Å²) in [5.74, 6) is -0.884. The second-order valence-electron chi connectivity index (χ2n) is 5.47. The van der Waals surface area contributed by atoms with Gasteiger partial charge in [-0.1, -0.05) is 18.2 Å². The molecule has 2 amide bonds. The van der Waals surface area contributed by atoms with E-state index in [1.807, 2.05) is 31.3 Å². The number of benzene rings is 1. The van der Waals surface area contributed by atoms with Gasteiger partial charge in [-0.25, -0.2) is 4.79 Å². The lowest BCUT2D eigenvalue weighted by atomic mass is 9.74. The monoisotopic (exact) mass is 291 g/mol. The van der Waals surface area contributed by atoms with Gasteiger partial charge < -0.3 is 21.1 Å². The van der Waals surface area contributed by atoms with Crippen LogP contribution in [0, 0.1) is 0 Å². The zero-order valence-electron chi connectivity index (χ0n) is 12.1. The van der Waals surface area contributed by atoms with Crippen LogP contribution in [0.15, 0.2) is 24.3 Å². The van der Waals surface area contributed by atoms with Gasteiger partial charge in [-0.05, 0) is 37.9 Å². The number of carbonyl (C=O) groups is 2. The van der Waals surface area contributed by atoms with Gasteiger partial charge in [0.1, 0.15) is 0 Å². The molecule has 0 atom stereocenters. The predicted molar refractivity (Wildman–Crippen MR) is 80.2 cm³/mol. The van der Waals surface area contributed by atoms with Crippen LogP contribution in [0.3, 0.4) is 0 Å². The first-order chi connectivity index (χ1) is 10.0. The first kappa shape index (κ1) is 15.3. The molecule has 1 saturated carbocycles. The van der Waals surface area contributed by atoms with Crippen LogP contribution in [-0.2, 0) is 11.3 Å². The van der Waals surface area contributed by atoms with Crippen molar-refractivity contribution in [1.82, 2.24) is 10.6 Å². The summed E-state index contributed by atoms with van der Waals surface area (Å²) in [5.41, 5.74) is 1.12. The molecule has 0 saturated heterocycles. The Kier molecular flexibility index (Phi) is 4.80. The molecule has 0 bridgehead atoms. The lowest BCUT2D eigenvalue weighted by Gasteiger charge is -2.41. The smallest absolute Gasteiger partial charge is 0.319 e. The van der Waals surface area contributed by atoms with Crippen LogP contribution >= 0.6 is 0 Å². The molecule has 6 heteroatoms. The highest BCUT2D eigenvalue weighted by molar-refractivity contribution is 5.91. The maximum absolute atomic E-state index is 12.1. The molecular weight excluding hydrogens is 270 g/mol. The quantitative estimate of drug-likeness (QED) is 0.644. The van der Waals surface area contributed by atoms with Gasteiger partial charge in [-0.15, -0.1) is 0 Å². The predicted octanol–water partition coefficient (Wildman–Crippen LogP) is 1.92. The fraction of sp³-hybridized carbons (Fsp3) is 0.467. The van der Waals surface area contributed by atoms with Crippen molar-refractivity contribution < 1.29 is 14.7 Å². The van der Waals surface area contributed by atoms with Crippen LogP contribution in [0.1, 0.15) is 31.2 Å². The highest BCUT2D eigenvalue weighted by Crippen LogP contribution is 2.35. The van der Waals surface area contributed by atoms with Crippen LogP contribution in [0.25, 0.3) is 0 Å². The minimum atomic E-state index is -0.884. The molecule has 6 nitrogen and oxygen atoms in total. The number of amides is 2. The van der Waals surface area contributed by atoms with E-state index in [1.54, 1.807) is 0 Å². The van der Waals surface area contributed by atoms with Crippen LogP contribution in [0.4, 0.5) is 10.5 Å². The third-order valence-electron chi connectivity index (χ3n) is 3.81. The molecule has 0 aromatic heterocycles. The van der Waals surface area contributed by atoms with E-state index in [0.29, 0.717) is 19.4 Å². The Morgan fingerprint density at radius 1 is 1.29 bits per heavy atom. The topological polar surface area (TPSA) is 90.5 Å². The van der Waals surface area contributed by atoms with Gasteiger partial charge in [0.05, 0.1) is 12.0 Å². The van der Waals surface area contributed by atoms with E-state index in [2.05, 4.69) is 16.0 Å². The third-order valence-corrected chi connectivity index (χ3v) is 3.81. The normalized spacial score (nSPS) is 15.9. The number of rotatable bonds is 6. The first-order valence-corrected chi connectivity index (χ1v) is 7.08. The summed E-state index contributed by atoms with van der Waals surface area (Å²) in [6.07, 6.45) is 2.35. The second-order valence-corrected chi connectivity index (χ2v) is 5.47. The SMILES string of the molecule is CNCc1ccccc1NC(=O)NC1(CC(=O)O)CCC1. The van der Waals surface area contributed by atoms with E-state index in [-0.39, 0.29) is 12.5 Å². The van der Waals surface area contributed by atoms with Crippen molar-refractivity contribution in [2.45, 2.75) is 37.8 Å². The molecular formula is C15H21N3O3. The Morgan fingerprint density at radius 3 is 2.57 bits per heavy atom. The number of carboxylic acid groups (broad SMARTS) is 1. The zero-order chi connectivity index (χ0) is 15.3. The number of hydrogen-bond acceptors (Lipinski definition) is 3. The van der Waals surface area contributed by atoms with Crippen molar-refractivity contribution in [3.63, 3.8) is 0 Å². The molecule has 0 aliphatic heterocycles. The van der Waals surface area contributed by atoms with Crippen LogP contribution in [-0.4, -0.2) is 29.7 Å². The molecule has 2 rings (SSSR count). The number of carboxylic acids is 1. The van der Waals surface area contributed by atoms with Crippen LogP contribution in [0.5, 0.6) is 0 Å². The molecule has 0 radical (unpaired) electrons. The highest BCUT2D eigenvalue weighted by atomic mass is 16.4. The molecule has 4 N–H and O–H groups in total. The molecule has 0 unspecified atom stereocenters. The summed E-state index contributed by atoms with van der Waals surface area (Å²) >= 11 is 0. The zero-order valence-corrected chi connectivity index (χ0v) is 12.1. The van der Waals surface area contributed by atoms with Crippen molar-refractivity contribution in [2.75, 3.05) is 12.4 Å². The number of nitrogens with one attached hydrogen (secondary N) is 3. The minimum Gasteiger partial charge on any atom is -0.481 e.